The van der Waals surface area contributed by atoms with E-state index in [1.807, 2.05) is 18.5 Å². The van der Waals surface area contributed by atoms with Crippen LogP contribution in [-0.2, 0) is 6.42 Å². The molecular formula is C40H32N4. The van der Waals surface area contributed by atoms with Crippen molar-refractivity contribution < 1.29 is 0 Å². The minimum atomic E-state index is 0.472. The van der Waals surface area contributed by atoms with Crippen molar-refractivity contribution in [2.24, 2.45) is 5.92 Å². The fraction of sp³-hybridized carbons (Fsp3) is 0.150. The molecule has 0 aliphatic heterocycles. The highest BCUT2D eigenvalue weighted by molar-refractivity contribution is 6.10. The zero-order valence-corrected chi connectivity index (χ0v) is 25.4. The van der Waals surface area contributed by atoms with Crippen LogP contribution >= 0.6 is 0 Å². The summed E-state index contributed by atoms with van der Waals surface area (Å²) in [6.07, 6.45) is 9.29. The first-order valence-electron chi connectivity index (χ1n) is 15.2. The number of pyridine rings is 1. The summed E-state index contributed by atoms with van der Waals surface area (Å²) in [6, 6.07) is 30.9. The Hall–Kier alpha value is -5.40. The largest absolute Gasteiger partial charge is 0.309 e. The van der Waals surface area contributed by atoms with E-state index in [1.54, 1.807) is 0 Å². The van der Waals surface area contributed by atoms with Crippen molar-refractivity contribution in [2.75, 3.05) is 0 Å². The molecule has 1 aliphatic rings. The number of aromatic nitrogens is 3. The highest BCUT2D eigenvalue weighted by Gasteiger charge is 2.25. The first kappa shape index (κ1) is 26.2. The molecule has 0 N–H and O–H groups in total. The van der Waals surface area contributed by atoms with Gasteiger partial charge in [0.05, 0.1) is 33.5 Å². The van der Waals surface area contributed by atoms with Crippen LogP contribution in [0.1, 0.15) is 40.4 Å². The number of hydrogen-bond acceptors (Lipinski definition) is 2. The fourth-order valence-corrected chi connectivity index (χ4v) is 7.08. The molecule has 212 valence electrons. The highest BCUT2D eigenvalue weighted by atomic mass is 15.0. The molecule has 4 aromatic carbocycles. The van der Waals surface area contributed by atoms with Gasteiger partial charge in [-0.3, -0.25) is 4.98 Å². The van der Waals surface area contributed by atoms with Crippen molar-refractivity contribution in [1.82, 2.24) is 14.1 Å². The van der Waals surface area contributed by atoms with Gasteiger partial charge in [-0.05, 0) is 99.3 Å². The van der Waals surface area contributed by atoms with Gasteiger partial charge in [0.25, 0.3) is 0 Å². The molecule has 1 unspecified atom stereocenters. The lowest BCUT2D eigenvalue weighted by Crippen LogP contribution is -2.08. The second-order valence-electron chi connectivity index (χ2n) is 12.4. The lowest BCUT2D eigenvalue weighted by atomic mass is 9.93. The van der Waals surface area contributed by atoms with Gasteiger partial charge in [0.1, 0.15) is 6.07 Å². The minimum absolute atomic E-state index is 0.472. The van der Waals surface area contributed by atoms with Crippen LogP contribution in [0.3, 0.4) is 0 Å². The summed E-state index contributed by atoms with van der Waals surface area (Å²) in [7, 11) is 0. The van der Waals surface area contributed by atoms with Gasteiger partial charge in [0, 0.05) is 45.4 Å². The molecular weight excluding hydrogens is 536 g/mol. The van der Waals surface area contributed by atoms with Gasteiger partial charge in [-0.25, -0.2) is 0 Å². The maximum Gasteiger partial charge on any atom is 0.101 e. The molecule has 0 fully saturated rings. The normalized spacial score (nSPS) is 14.4. The van der Waals surface area contributed by atoms with Crippen molar-refractivity contribution in [3.8, 4) is 28.6 Å². The smallest absolute Gasteiger partial charge is 0.101 e. The standard InChI is InChI=1S/C40H32N4/c1-24-7-11-35-31(16-24)32-17-25(2)8-12-36(32)43(35)39-21-30(28-6-5-15-42-23-28)40(20-29(39)22-41)44-37-13-9-26(3)18-33(37)34-19-27(4)10-14-38(34)44/h5-18,20-21,23,27H,19H2,1-4H3. The van der Waals surface area contributed by atoms with Gasteiger partial charge < -0.3 is 9.13 Å². The van der Waals surface area contributed by atoms with Crippen LogP contribution in [0.15, 0.2) is 97.3 Å². The molecule has 3 aromatic heterocycles. The highest BCUT2D eigenvalue weighted by Crippen LogP contribution is 2.42. The number of aryl methyl sites for hydroxylation is 3. The van der Waals surface area contributed by atoms with E-state index in [4.69, 9.17) is 0 Å². The van der Waals surface area contributed by atoms with Crippen molar-refractivity contribution in [1.29, 1.82) is 5.26 Å². The monoisotopic (exact) mass is 568 g/mol. The van der Waals surface area contributed by atoms with E-state index in [0.717, 1.165) is 45.5 Å². The third-order valence-electron chi connectivity index (χ3n) is 9.14. The summed E-state index contributed by atoms with van der Waals surface area (Å²) in [5, 5.41) is 14.4. The van der Waals surface area contributed by atoms with Crippen molar-refractivity contribution in [3.05, 3.63) is 131 Å². The minimum Gasteiger partial charge on any atom is -0.309 e. The Morgan fingerprint density at radius 2 is 1.39 bits per heavy atom. The van der Waals surface area contributed by atoms with Crippen molar-refractivity contribution in [2.45, 2.75) is 34.1 Å². The van der Waals surface area contributed by atoms with E-state index in [9.17, 15) is 5.26 Å². The number of benzene rings is 4. The number of rotatable bonds is 3. The quantitative estimate of drug-likeness (QED) is 0.213. The molecule has 0 saturated heterocycles. The van der Waals surface area contributed by atoms with Gasteiger partial charge in [0.2, 0.25) is 0 Å². The predicted molar refractivity (Wildman–Crippen MR) is 182 cm³/mol. The maximum absolute atomic E-state index is 10.8. The predicted octanol–water partition coefficient (Wildman–Crippen LogP) is 9.79. The zero-order valence-electron chi connectivity index (χ0n) is 25.4. The Morgan fingerprint density at radius 1 is 0.750 bits per heavy atom. The molecule has 4 nitrogen and oxygen atoms in total. The fourth-order valence-electron chi connectivity index (χ4n) is 7.08. The van der Waals surface area contributed by atoms with Crippen LogP contribution in [0.25, 0.3) is 61.3 Å². The number of fused-ring (bicyclic) bond motifs is 6. The van der Waals surface area contributed by atoms with Gasteiger partial charge in [0.15, 0.2) is 0 Å². The summed E-state index contributed by atoms with van der Waals surface area (Å²) in [4.78, 5) is 4.51. The first-order valence-corrected chi connectivity index (χ1v) is 15.2. The molecule has 0 bridgehead atoms. The van der Waals surface area contributed by atoms with Gasteiger partial charge in [-0.15, -0.1) is 0 Å². The summed E-state index contributed by atoms with van der Waals surface area (Å²) in [6.45, 7) is 8.70. The average molecular weight is 569 g/mol. The topological polar surface area (TPSA) is 46.5 Å². The molecule has 1 aliphatic carbocycles. The number of nitrogens with zero attached hydrogens (tertiary/aromatic N) is 4. The molecule has 44 heavy (non-hydrogen) atoms. The van der Waals surface area contributed by atoms with E-state index in [2.05, 4.69) is 133 Å². The van der Waals surface area contributed by atoms with Crippen LogP contribution < -0.4 is 0 Å². The van der Waals surface area contributed by atoms with Gasteiger partial charge in [-0.1, -0.05) is 54.0 Å². The molecule has 3 heterocycles. The second-order valence-corrected chi connectivity index (χ2v) is 12.4. The van der Waals surface area contributed by atoms with E-state index >= 15 is 0 Å². The molecule has 0 radical (unpaired) electrons. The van der Waals surface area contributed by atoms with Crippen LogP contribution in [-0.4, -0.2) is 14.1 Å². The summed E-state index contributed by atoms with van der Waals surface area (Å²) < 4.78 is 4.62. The summed E-state index contributed by atoms with van der Waals surface area (Å²) in [5.41, 5.74) is 14.1. The number of nitriles is 1. The zero-order chi connectivity index (χ0) is 30.1. The van der Waals surface area contributed by atoms with E-state index < -0.39 is 0 Å². The summed E-state index contributed by atoms with van der Waals surface area (Å²) >= 11 is 0. The Bertz CT molecular complexity index is 2300. The molecule has 1 atom stereocenters. The molecule has 0 saturated carbocycles. The molecule has 0 amide bonds. The number of allylic oxidation sites excluding steroid dienone is 1. The molecule has 8 rings (SSSR count). The average Bonchev–Trinajstić information content (AvgIpc) is 3.51. The van der Waals surface area contributed by atoms with Crippen molar-refractivity contribution >= 4 is 38.8 Å². The summed E-state index contributed by atoms with van der Waals surface area (Å²) in [5.74, 6) is 0.472. The second kappa shape index (κ2) is 9.82. The SMILES string of the molecule is Cc1ccc2c(c1)c1c(n2-c2cc(C#N)c(-n3c4ccc(C)cc4c4cc(C)ccc43)cc2-c2cccnc2)C=CC(C)C1. The van der Waals surface area contributed by atoms with Gasteiger partial charge in [-0.2, -0.15) is 5.26 Å². The Morgan fingerprint density at radius 3 is 2.00 bits per heavy atom. The third-order valence-corrected chi connectivity index (χ3v) is 9.14. The molecule has 7 aromatic rings. The molecule has 0 spiro atoms. The lowest BCUT2D eigenvalue weighted by Gasteiger charge is -2.20. The first-order chi connectivity index (χ1) is 21.4. The Kier molecular flexibility index (Phi) is 5.86. The Balaban J connectivity index is 1.50. The molecule has 4 heteroatoms. The van der Waals surface area contributed by atoms with Gasteiger partial charge >= 0.3 is 0 Å². The third kappa shape index (κ3) is 3.93. The van der Waals surface area contributed by atoms with Crippen LogP contribution in [0.5, 0.6) is 0 Å². The van der Waals surface area contributed by atoms with E-state index in [-0.39, 0.29) is 0 Å². The van der Waals surface area contributed by atoms with Crippen LogP contribution in [0.4, 0.5) is 0 Å². The van der Waals surface area contributed by atoms with Crippen molar-refractivity contribution in [3.63, 3.8) is 0 Å². The van der Waals surface area contributed by atoms with Crippen LogP contribution in [0.2, 0.25) is 0 Å². The van der Waals surface area contributed by atoms with E-state index in [0.29, 0.717) is 11.5 Å². The number of hydrogen-bond donors (Lipinski definition) is 0. The van der Waals surface area contributed by atoms with E-state index in [1.165, 1.54) is 44.1 Å². The maximum atomic E-state index is 10.8. The van der Waals surface area contributed by atoms with Crippen LogP contribution in [0, 0.1) is 38.0 Å². The lowest BCUT2D eigenvalue weighted by molar-refractivity contribution is 0.718. The Labute approximate surface area is 257 Å².